The van der Waals surface area contributed by atoms with Crippen LogP contribution >= 0.6 is 11.6 Å². The standard InChI is InChI=1S/C45H53ClN10O7/c1-26(2)56-34-9-8-29(18-28(34)19-37(43(56)60)62-24-39(58)47-3)49-41-33(46)22-48-45(51-41)52-16-12-31(13-17-52)63-32-20-30(21-32)53-14-5-15-54(25-53)35-7-4-6-27-23-55(44(61)40(27)35)36-10-11-38(57)50-42(36)59/h4,6-9,18-19,22,26,30-32,36H,5,10-17,20-21,23-25H2,1-3H3,(H,47,58)(H,48,49,51)(H,50,57,59). The number of nitrogens with zero attached hydrogens (tertiary/aromatic N) is 7. The van der Waals surface area contributed by atoms with Gasteiger partial charge in [-0.05, 0) is 88.3 Å². The number of carbonyl (C=O) groups is 4. The average molecular weight is 881 g/mol. The van der Waals surface area contributed by atoms with Gasteiger partial charge in [-0.1, -0.05) is 23.7 Å². The fraction of sp³-hybridized carbons (Fsp3) is 0.489. The first-order chi connectivity index (χ1) is 30.4. The lowest BCUT2D eigenvalue weighted by Gasteiger charge is -2.48. The second-order valence-corrected chi connectivity index (χ2v) is 17.8. The topological polar surface area (TPSA) is 184 Å². The number of halogens is 1. The number of imide groups is 1. The molecule has 3 N–H and O–H groups in total. The van der Waals surface area contributed by atoms with E-state index in [4.69, 9.17) is 26.1 Å². The van der Waals surface area contributed by atoms with Crippen LogP contribution in [0.1, 0.15) is 80.8 Å². The van der Waals surface area contributed by atoms with Crippen molar-refractivity contribution in [1.29, 1.82) is 0 Å². The minimum atomic E-state index is -0.632. The molecule has 2 aromatic heterocycles. The maximum absolute atomic E-state index is 13.8. The van der Waals surface area contributed by atoms with Crippen LogP contribution in [0.25, 0.3) is 10.9 Å². The van der Waals surface area contributed by atoms with Crippen LogP contribution in [0, 0.1) is 0 Å². The number of fused-ring (bicyclic) bond motifs is 2. The van der Waals surface area contributed by atoms with E-state index in [9.17, 15) is 24.0 Å². The summed E-state index contributed by atoms with van der Waals surface area (Å²) in [6, 6.07) is 12.9. The van der Waals surface area contributed by atoms with E-state index in [0.29, 0.717) is 47.0 Å². The number of aromatic nitrogens is 3. The summed E-state index contributed by atoms with van der Waals surface area (Å²) in [5, 5.41) is 9.35. The fourth-order valence-corrected chi connectivity index (χ4v) is 9.69. The summed E-state index contributed by atoms with van der Waals surface area (Å²) in [4.78, 5) is 81.2. The Morgan fingerprint density at radius 3 is 2.56 bits per heavy atom. The molecule has 1 unspecified atom stereocenters. The maximum Gasteiger partial charge on any atom is 0.293 e. The molecule has 6 heterocycles. The van der Waals surface area contributed by atoms with Gasteiger partial charge in [-0.2, -0.15) is 4.98 Å². The summed E-state index contributed by atoms with van der Waals surface area (Å²) in [5.41, 5.74) is 3.64. The van der Waals surface area contributed by atoms with E-state index < -0.39 is 11.9 Å². The second-order valence-electron chi connectivity index (χ2n) is 17.4. The lowest BCUT2D eigenvalue weighted by Crippen LogP contribution is -2.56. The molecule has 3 saturated heterocycles. The van der Waals surface area contributed by atoms with Crippen molar-refractivity contribution >= 4 is 69.3 Å². The molecule has 0 radical (unpaired) electrons. The average Bonchev–Trinajstić information content (AvgIpc) is 3.60. The van der Waals surface area contributed by atoms with Crippen molar-refractivity contribution in [2.24, 2.45) is 0 Å². The highest BCUT2D eigenvalue weighted by Gasteiger charge is 2.42. The van der Waals surface area contributed by atoms with Gasteiger partial charge in [0.2, 0.25) is 17.8 Å². The molecule has 2 aromatic carbocycles. The molecule has 1 aliphatic carbocycles. The summed E-state index contributed by atoms with van der Waals surface area (Å²) >= 11 is 6.61. The van der Waals surface area contributed by atoms with Crippen molar-refractivity contribution in [2.75, 3.05) is 61.6 Å². The van der Waals surface area contributed by atoms with Gasteiger partial charge in [0.15, 0.2) is 18.2 Å². The molecule has 17 nitrogen and oxygen atoms in total. The van der Waals surface area contributed by atoms with E-state index in [1.54, 1.807) is 21.7 Å². The molecular weight excluding hydrogens is 828 g/mol. The zero-order valence-electron chi connectivity index (χ0n) is 35.8. The first-order valence-electron chi connectivity index (χ1n) is 21.9. The molecule has 4 aliphatic heterocycles. The first-order valence-corrected chi connectivity index (χ1v) is 22.3. The summed E-state index contributed by atoms with van der Waals surface area (Å²) in [7, 11) is 1.51. The van der Waals surface area contributed by atoms with E-state index >= 15 is 0 Å². The Balaban J connectivity index is 0.776. The molecule has 4 aromatic rings. The molecule has 0 spiro atoms. The number of rotatable bonds is 12. The largest absolute Gasteiger partial charge is 0.478 e. The number of likely N-dealkylation sites (N-methyl/N-ethyl adjacent to an activating group) is 1. The van der Waals surface area contributed by atoms with Crippen molar-refractivity contribution in [1.82, 2.24) is 35.0 Å². The smallest absolute Gasteiger partial charge is 0.293 e. The predicted molar refractivity (Wildman–Crippen MR) is 238 cm³/mol. The van der Waals surface area contributed by atoms with Gasteiger partial charge in [-0.15, -0.1) is 0 Å². The van der Waals surface area contributed by atoms with E-state index in [2.05, 4.69) is 35.6 Å². The lowest BCUT2D eigenvalue weighted by atomic mass is 9.87. The molecule has 0 bridgehead atoms. The van der Waals surface area contributed by atoms with E-state index in [1.165, 1.54) is 7.05 Å². The third-order valence-electron chi connectivity index (χ3n) is 12.9. The molecule has 18 heteroatoms. The number of anilines is 4. The van der Waals surface area contributed by atoms with Gasteiger partial charge in [0.05, 0.1) is 41.8 Å². The predicted octanol–water partition coefficient (Wildman–Crippen LogP) is 4.34. The number of ether oxygens (including phenoxy) is 2. The highest BCUT2D eigenvalue weighted by molar-refractivity contribution is 6.33. The Labute approximate surface area is 370 Å². The lowest BCUT2D eigenvalue weighted by molar-refractivity contribution is -0.137. The van der Waals surface area contributed by atoms with Gasteiger partial charge in [0, 0.05) is 69.3 Å². The van der Waals surface area contributed by atoms with Gasteiger partial charge in [0.25, 0.3) is 17.4 Å². The Hall–Kier alpha value is -5.78. The first kappa shape index (κ1) is 42.5. The van der Waals surface area contributed by atoms with Crippen molar-refractivity contribution in [3.05, 3.63) is 75.2 Å². The number of hydrogen-bond donors (Lipinski definition) is 3. The van der Waals surface area contributed by atoms with Crippen LogP contribution in [-0.2, 0) is 25.7 Å². The van der Waals surface area contributed by atoms with Crippen molar-refractivity contribution < 1.29 is 28.7 Å². The number of hydrogen-bond acceptors (Lipinski definition) is 13. The fourth-order valence-electron chi connectivity index (χ4n) is 9.55. The third kappa shape index (κ3) is 8.65. The van der Waals surface area contributed by atoms with Crippen LogP contribution in [0.15, 0.2) is 53.5 Å². The van der Waals surface area contributed by atoms with Crippen molar-refractivity contribution in [3.63, 3.8) is 0 Å². The van der Waals surface area contributed by atoms with Crippen LogP contribution in [0.2, 0.25) is 5.02 Å². The number of piperidine rings is 2. The molecule has 332 valence electrons. The minimum absolute atomic E-state index is 0.0900. The SMILES string of the molecule is CNC(=O)COc1cc2cc(Nc3nc(N4CCC(OC5CC(N6CCCN(c7cccc8c7C(=O)N(C7CCC(=O)NC7=O)C8)C6)C5)CC4)ncc3Cl)ccc2n(C(C)C)c1=O. The molecule has 63 heavy (non-hydrogen) atoms. The monoisotopic (exact) mass is 880 g/mol. The molecule has 4 amide bonds. The molecule has 1 saturated carbocycles. The zero-order valence-corrected chi connectivity index (χ0v) is 36.5. The van der Waals surface area contributed by atoms with E-state index in [-0.39, 0.29) is 60.3 Å². The van der Waals surface area contributed by atoms with Crippen LogP contribution in [0.4, 0.5) is 23.1 Å². The van der Waals surface area contributed by atoms with Gasteiger partial charge in [0.1, 0.15) is 11.1 Å². The van der Waals surface area contributed by atoms with Crippen LogP contribution < -0.4 is 36.0 Å². The third-order valence-corrected chi connectivity index (χ3v) is 13.2. The van der Waals surface area contributed by atoms with Gasteiger partial charge in [-0.25, -0.2) is 4.98 Å². The Morgan fingerprint density at radius 1 is 0.984 bits per heavy atom. The Kier molecular flexibility index (Phi) is 12.0. The van der Waals surface area contributed by atoms with E-state index in [1.807, 2.05) is 50.2 Å². The molecular formula is C45H53ClN10O7. The van der Waals surface area contributed by atoms with Crippen molar-refractivity contribution in [2.45, 2.75) is 95.7 Å². The summed E-state index contributed by atoms with van der Waals surface area (Å²) in [6.07, 6.45) is 7.15. The quantitative estimate of drug-likeness (QED) is 0.171. The zero-order chi connectivity index (χ0) is 43.9. The van der Waals surface area contributed by atoms with Gasteiger partial charge >= 0.3 is 0 Å². The minimum Gasteiger partial charge on any atom is -0.478 e. The molecule has 9 rings (SSSR count). The number of nitrogens with one attached hydrogen (secondary N) is 3. The number of benzene rings is 2. The highest BCUT2D eigenvalue weighted by Crippen LogP contribution is 2.38. The molecule has 5 aliphatic rings. The summed E-state index contributed by atoms with van der Waals surface area (Å²) < 4.78 is 13.9. The maximum atomic E-state index is 13.8. The van der Waals surface area contributed by atoms with Crippen LogP contribution in [0.3, 0.4) is 0 Å². The Bertz CT molecular complexity index is 2500. The van der Waals surface area contributed by atoms with Gasteiger partial charge in [-0.3, -0.25) is 34.2 Å². The van der Waals surface area contributed by atoms with Crippen LogP contribution in [-0.4, -0.2) is 119 Å². The number of amides is 4. The Morgan fingerprint density at radius 2 is 1.79 bits per heavy atom. The number of pyridine rings is 1. The van der Waals surface area contributed by atoms with Crippen molar-refractivity contribution in [3.8, 4) is 5.75 Å². The summed E-state index contributed by atoms with van der Waals surface area (Å²) in [6.45, 7) is 8.01. The summed E-state index contributed by atoms with van der Waals surface area (Å²) in [5.74, 6) is -0.0301. The normalized spacial score (nSPS) is 22.0. The number of carbonyl (C=O) groups excluding carboxylic acids is 4. The van der Waals surface area contributed by atoms with Gasteiger partial charge < -0.3 is 39.4 Å². The highest BCUT2D eigenvalue weighted by atomic mass is 35.5. The molecule has 4 fully saturated rings. The van der Waals surface area contributed by atoms with Crippen LogP contribution in [0.5, 0.6) is 5.75 Å². The second kappa shape index (κ2) is 17.8. The van der Waals surface area contributed by atoms with E-state index in [0.717, 1.165) is 87.1 Å². The molecule has 1 atom stereocenters.